The minimum Gasteiger partial charge on any atom is -0.311 e. The number of fused-ring (bicyclic) bond motifs is 9. The standard InChI is InChI=1S/C50H29N5/c1-52-42-21-12-26-47-49(42)41-19-5-9-25-46(41)54(47)34-15-10-13-32(29-34)36-20-11-14-33(31-51)50(36)55-45-24-8-4-18-39(45)40-28-27-35(30-48(40)55)53-43-22-6-2-16-37(43)38-17-3-7-23-44(38)53/h2-30H. The van der Waals surface area contributed by atoms with Gasteiger partial charge in [-0.25, -0.2) is 4.85 Å². The minimum absolute atomic E-state index is 0.589. The van der Waals surface area contributed by atoms with E-state index in [9.17, 15) is 5.26 Å². The molecule has 0 bridgehead atoms. The van der Waals surface area contributed by atoms with Gasteiger partial charge in [-0.3, -0.25) is 0 Å². The Balaban J connectivity index is 1.19. The molecule has 55 heavy (non-hydrogen) atoms. The zero-order valence-corrected chi connectivity index (χ0v) is 29.5. The molecule has 0 N–H and O–H groups in total. The topological polar surface area (TPSA) is 42.9 Å². The Bertz CT molecular complexity index is 3420. The molecule has 0 saturated carbocycles. The smallest absolute Gasteiger partial charge is 0.197 e. The lowest BCUT2D eigenvalue weighted by Gasteiger charge is -2.17. The largest absolute Gasteiger partial charge is 0.311 e. The van der Waals surface area contributed by atoms with E-state index in [1.54, 1.807) is 0 Å². The van der Waals surface area contributed by atoms with Crippen molar-refractivity contribution in [2.24, 2.45) is 0 Å². The fourth-order valence-electron chi connectivity index (χ4n) is 8.83. The average molecular weight is 700 g/mol. The molecular weight excluding hydrogens is 671 g/mol. The lowest BCUT2D eigenvalue weighted by Crippen LogP contribution is -2.02. The third kappa shape index (κ3) is 4.39. The number of hydrogen-bond donors (Lipinski definition) is 0. The van der Waals surface area contributed by atoms with E-state index in [0.29, 0.717) is 11.3 Å². The molecule has 0 fully saturated rings. The maximum atomic E-state index is 10.8. The summed E-state index contributed by atoms with van der Waals surface area (Å²) in [5.41, 5.74) is 12.4. The molecule has 254 valence electrons. The number of benzene rings is 8. The number of aromatic nitrogens is 3. The fourth-order valence-corrected chi connectivity index (χ4v) is 8.83. The summed E-state index contributed by atoms with van der Waals surface area (Å²) in [5.74, 6) is 0. The van der Waals surface area contributed by atoms with Crippen molar-refractivity contribution in [1.82, 2.24) is 13.7 Å². The lowest BCUT2D eigenvalue weighted by molar-refractivity contribution is 1.15. The summed E-state index contributed by atoms with van der Waals surface area (Å²) in [4.78, 5) is 3.88. The summed E-state index contributed by atoms with van der Waals surface area (Å²) >= 11 is 0. The molecule has 5 nitrogen and oxygen atoms in total. The van der Waals surface area contributed by atoms with Gasteiger partial charge in [0.25, 0.3) is 0 Å². The van der Waals surface area contributed by atoms with Gasteiger partial charge in [-0.2, -0.15) is 5.26 Å². The molecule has 11 aromatic rings. The molecule has 0 saturated heterocycles. The van der Waals surface area contributed by atoms with Gasteiger partial charge in [-0.1, -0.05) is 115 Å². The summed E-state index contributed by atoms with van der Waals surface area (Å²) in [7, 11) is 0. The molecule has 0 radical (unpaired) electrons. The average Bonchev–Trinajstić information content (AvgIpc) is 3.89. The maximum Gasteiger partial charge on any atom is 0.197 e. The van der Waals surface area contributed by atoms with Crippen molar-refractivity contribution < 1.29 is 0 Å². The predicted octanol–water partition coefficient (Wildman–Crippen LogP) is 13.1. The second-order valence-electron chi connectivity index (χ2n) is 13.9. The molecule has 8 aromatic carbocycles. The van der Waals surface area contributed by atoms with Crippen LogP contribution < -0.4 is 0 Å². The van der Waals surface area contributed by atoms with Gasteiger partial charge in [-0.05, 0) is 71.6 Å². The second-order valence-corrected chi connectivity index (χ2v) is 13.9. The zero-order valence-electron chi connectivity index (χ0n) is 29.5. The third-order valence-electron chi connectivity index (χ3n) is 11.1. The molecule has 0 spiro atoms. The van der Waals surface area contributed by atoms with Gasteiger partial charge in [0.15, 0.2) is 5.69 Å². The molecule has 5 heteroatoms. The van der Waals surface area contributed by atoms with E-state index in [2.05, 4.69) is 164 Å². The molecule has 0 aliphatic rings. The van der Waals surface area contributed by atoms with E-state index in [1.165, 1.54) is 10.8 Å². The normalized spacial score (nSPS) is 11.6. The Morgan fingerprint density at radius 2 is 0.964 bits per heavy atom. The highest BCUT2D eigenvalue weighted by molar-refractivity contribution is 6.16. The molecule has 0 aliphatic heterocycles. The Hall–Kier alpha value is -7.86. The summed E-state index contributed by atoms with van der Waals surface area (Å²) in [6, 6.07) is 63.6. The van der Waals surface area contributed by atoms with E-state index >= 15 is 0 Å². The molecule has 0 atom stereocenters. The van der Waals surface area contributed by atoms with Gasteiger partial charge < -0.3 is 13.7 Å². The van der Waals surface area contributed by atoms with E-state index in [-0.39, 0.29) is 0 Å². The highest BCUT2D eigenvalue weighted by Crippen LogP contribution is 2.42. The van der Waals surface area contributed by atoms with Crippen molar-refractivity contribution in [2.75, 3.05) is 0 Å². The first-order valence-corrected chi connectivity index (χ1v) is 18.3. The van der Waals surface area contributed by atoms with Crippen LogP contribution in [0.3, 0.4) is 0 Å². The molecule has 0 aliphatic carbocycles. The van der Waals surface area contributed by atoms with Crippen LogP contribution in [0.5, 0.6) is 0 Å². The first kappa shape index (κ1) is 30.7. The van der Waals surface area contributed by atoms with Gasteiger partial charge in [0.1, 0.15) is 6.07 Å². The summed E-state index contributed by atoms with van der Waals surface area (Å²) in [6.07, 6.45) is 0. The third-order valence-corrected chi connectivity index (χ3v) is 11.1. The number of rotatable bonds is 4. The van der Waals surface area contributed by atoms with Crippen molar-refractivity contribution in [1.29, 1.82) is 5.26 Å². The van der Waals surface area contributed by atoms with Crippen molar-refractivity contribution in [3.8, 4) is 34.3 Å². The van der Waals surface area contributed by atoms with Crippen molar-refractivity contribution in [3.05, 3.63) is 193 Å². The van der Waals surface area contributed by atoms with Gasteiger partial charge in [0.05, 0.1) is 45.4 Å². The first-order chi connectivity index (χ1) is 27.2. The van der Waals surface area contributed by atoms with Crippen molar-refractivity contribution in [3.63, 3.8) is 0 Å². The Labute approximate surface area is 316 Å². The minimum atomic E-state index is 0.589. The van der Waals surface area contributed by atoms with Crippen LogP contribution in [0, 0.1) is 17.9 Å². The Morgan fingerprint density at radius 1 is 0.436 bits per heavy atom. The monoisotopic (exact) mass is 699 g/mol. The van der Waals surface area contributed by atoms with Crippen LogP contribution in [-0.2, 0) is 0 Å². The van der Waals surface area contributed by atoms with Crippen LogP contribution in [0.15, 0.2) is 176 Å². The molecule has 3 aromatic heterocycles. The number of para-hydroxylation sites is 5. The van der Waals surface area contributed by atoms with E-state index in [4.69, 9.17) is 6.57 Å². The van der Waals surface area contributed by atoms with Crippen LogP contribution in [-0.4, -0.2) is 13.7 Å². The van der Waals surface area contributed by atoms with Crippen LogP contribution in [0.25, 0.3) is 98.5 Å². The van der Waals surface area contributed by atoms with Gasteiger partial charge in [0, 0.05) is 49.4 Å². The SMILES string of the molecule is [C-]#[N+]c1cccc2c1c1ccccc1n2-c1cccc(-c2cccc(C#N)c2-n2c3ccccc3c3ccc(-n4c5ccccc5c5ccccc54)cc32)c1. The maximum absolute atomic E-state index is 10.8. The van der Waals surface area contributed by atoms with Gasteiger partial charge in [0.2, 0.25) is 0 Å². The number of hydrogen-bond acceptors (Lipinski definition) is 1. The van der Waals surface area contributed by atoms with E-state index in [0.717, 1.165) is 82.8 Å². The zero-order chi connectivity index (χ0) is 36.6. The van der Waals surface area contributed by atoms with Crippen LogP contribution in [0.1, 0.15) is 5.56 Å². The van der Waals surface area contributed by atoms with Crippen molar-refractivity contribution in [2.45, 2.75) is 0 Å². The highest BCUT2D eigenvalue weighted by Gasteiger charge is 2.22. The lowest BCUT2D eigenvalue weighted by atomic mass is 9.99. The quantitative estimate of drug-likeness (QED) is 0.169. The molecular formula is C50H29N5. The van der Waals surface area contributed by atoms with Crippen molar-refractivity contribution >= 4 is 71.1 Å². The molecule has 0 unspecified atom stereocenters. The van der Waals surface area contributed by atoms with E-state index < -0.39 is 0 Å². The predicted molar refractivity (Wildman–Crippen MR) is 226 cm³/mol. The number of nitrogens with zero attached hydrogens (tertiary/aromatic N) is 5. The van der Waals surface area contributed by atoms with Crippen LogP contribution >= 0.6 is 0 Å². The highest BCUT2D eigenvalue weighted by atomic mass is 15.0. The summed E-state index contributed by atoms with van der Waals surface area (Å²) in [6.45, 7) is 7.92. The fraction of sp³-hybridized carbons (Fsp3) is 0. The van der Waals surface area contributed by atoms with Gasteiger partial charge >= 0.3 is 0 Å². The van der Waals surface area contributed by atoms with Gasteiger partial charge in [-0.15, -0.1) is 0 Å². The Kier molecular flexibility index (Phi) is 6.61. The molecule has 0 amide bonds. The second kappa shape index (κ2) is 11.8. The molecule has 3 heterocycles. The Morgan fingerprint density at radius 3 is 1.64 bits per heavy atom. The summed E-state index contributed by atoms with van der Waals surface area (Å²) in [5, 5.41) is 17.4. The van der Waals surface area contributed by atoms with Crippen LogP contribution in [0.2, 0.25) is 0 Å². The molecule has 11 rings (SSSR count). The summed E-state index contributed by atoms with van der Waals surface area (Å²) < 4.78 is 6.87. The number of nitriles is 1. The first-order valence-electron chi connectivity index (χ1n) is 18.3. The van der Waals surface area contributed by atoms with E-state index in [1.807, 2.05) is 36.4 Å². The van der Waals surface area contributed by atoms with Crippen LogP contribution in [0.4, 0.5) is 5.69 Å².